The van der Waals surface area contributed by atoms with Gasteiger partial charge in [-0.25, -0.2) is 4.39 Å². The van der Waals surface area contributed by atoms with Crippen LogP contribution in [0.25, 0.3) is 5.57 Å². The van der Waals surface area contributed by atoms with Crippen LogP contribution >= 0.6 is 11.8 Å². The third-order valence-electron chi connectivity index (χ3n) is 5.06. The van der Waals surface area contributed by atoms with Gasteiger partial charge in [0.2, 0.25) is 5.91 Å². The summed E-state index contributed by atoms with van der Waals surface area (Å²) < 4.78 is 51.5. The summed E-state index contributed by atoms with van der Waals surface area (Å²) in [6.07, 6.45) is 3.46. The minimum Gasteiger partial charge on any atom is -0.391 e. The number of aliphatic hydroxyl groups excluding tert-OH is 1. The smallest absolute Gasteiger partial charge is 0.391 e. The molecule has 2 atom stereocenters. The van der Waals surface area contributed by atoms with E-state index >= 15 is 0 Å². The summed E-state index contributed by atoms with van der Waals surface area (Å²) in [6.45, 7) is 1.20. The second-order valence-corrected chi connectivity index (χ2v) is 8.50. The average molecular weight is 469 g/mol. The number of hydrogen-bond donors (Lipinski definition) is 3. The summed E-state index contributed by atoms with van der Waals surface area (Å²) in [4.78, 5) is 18.7. The van der Waals surface area contributed by atoms with E-state index < -0.39 is 45.9 Å². The lowest BCUT2D eigenvalue weighted by Crippen LogP contribution is -2.35. The van der Waals surface area contributed by atoms with Crippen molar-refractivity contribution in [3.8, 4) is 0 Å². The molecule has 0 saturated carbocycles. The average Bonchev–Trinajstić information content (AvgIpc) is 3.40. The van der Waals surface area contributed by atoms with Crippen LogP contribution in [0.4, 0.5) is 23.2 Å². The van der Waals surface area contributed by atoms with Gasteiger partial charge >= 0.3 is 5.51 Å². The fourth-order valence-corrected chi connectivity index (χ4v) is 4.14. The van der Waals surface area contributed by atoms with Crippen LogP contribution < -0.4 is 5.32 Å². The second kappa shape index (κ2) is 8.94. The number of thioether (sulfide) groups is 1. The molecule has 0 spiro atoms. The van der Waals surface area contributed by atoms with Crippen molar-refractivity contribution in [1.29, 1.82) is 0 Å². The molecule has 2 aliphatic rings. The Morgan fingerprint density at radius 3 is 2.75 bits per heavy atom. The number of dihydropyridines is 1. The number of hydrogen-bond acceptors (Lipinski definition) is 6. The van der Waals surface area contributed by atoms with Crippen molar-refractivity contribution < 1.29 is 27.5 Å². The quantitative estimate of drug-likeness (QED) is 0.472. The Kier molecular flexibility index (Phi) is 6.24. The van der Waals surface area contributed by atoms with Crippen molar-refractivity contribution in [2.75, 3.05) is 25.0 Å². The van der Waals surface area contributed by atoms with E-state index in [0.717, 1.165) is 12.1 Å². The predicted molar refractivity (Wildman–Crippen MR) is 111 cm³/mol. The minimum absolute atomic E-state index is 0.0490. The Morgan fingerprint density at radius 2 is 2.12 bits per heavy atom. The van der Waals surface area contributed by atoms with Crippen molar-refractivity contribution in [3.05, 3.63) is 48.0 Å². The number of carbonyl (C=O) groups excluding carboxylic acids is 1. The van der Waals surface area contributed by atoms with E-state index in [1.165, 1.54) is 6.07 Å². The molecule has 1 fully saturated rings. The van der Waals surface area contributed by atoms with E-state index in [1.54, 1.807) is 18.3 Å². The zero-order valence-corrected chi connectivity index (χ0v) is 17.4. The number of aliphatic imine (C=N–C) groups is 1. The molecule has 170 valence electrons. The lowest BCUT2D eigenvalue weighted by atomic mass is 9.98. The maximum absolute atomic E-state index is 14.0. The maximum Gasteiger partial charge on any atom is 0.446 e. The molecule has 32 heavy (non-hydrogen) atoms. The fraction of sp³-hybridized carbons (Fsp3) is 0.350. The van der Waals surface area contributed by atoms with Crippen LogP contribution in [0, 0.1) is 11.7 Å². The molecule has 1 aromatic carbocycles. The number of amides is 1. The molecule has 0 radical (unpaired) electrons. The molecule has 12 heteroatoms. The number of amidine groups is 1. The van der Waals surface area contributed by atoms with Crippen molar-refractivity contribution in [2.24, 2.45) is 10.9 Å². The number of H-pyrrole nitrogens is 1. The van der Waals surface area contributed by atoms with Crippen LogP contribution in [0.3, 0.4) is 0 Å². The number of benzene rings is 1. The Hall–Kier alpha value is -2.86. The van der Waals surface area contributed by atoms with Gasteiger partial charge in [-0.2, -0.15) is 18.3 Å². The van der Waals surface area contributed by atoms with Gasteiger partial charge in [0.05, 0.1) is 29.2 Å². The topological polar surface area (TPSA) is 93.6 Å². The summed E-state index contributed by atoms with van der Waals surface area (Å²) in [6, 6.07) is 4.79. The second-order valence-electron chi connectivity index (χ2n) is 7.39. The minimum atomic E-state index is -4.61. The molecule has 1 unspecified atom stereocenters. The Balaban J connectivity index is 1.51. The molecule has 4 rings (SSSR count). The van der Waals surface area contributed by atoms with Crippen LogP contribution in [-0.2, 0) is 4.79 Å². The molecule has 7 nitrogen and oxygen atoms in total. The first-order chi connectivity index (χ1) is 15.2. The van der Waals surface area contributed by atoms with Gasteiger partial charge in [0, 0.05) is 30.5 Å². The molecule has 2 aliphatic heterocycles. The van der Waals surface area contributed by atoms with Gasteiger partial charge in [0.1, 0.15) is 11.7 Å². The number of nitrogens with zero attached hydrogens (tertiary/aromatic N) is 3. The van der Waals surface area contributed by atoms with Crippen LogP contribution in [0.2, 0.25) is 0 Å². The van der Waals surface area contributed by atoms with Crippen LogP contribution in [0.5, 0.6) is 0 Å². The number of nitrogens with one attached hydrogen (secondary N) is 2. The van der Waals surface area contributed by atoms with Gasteiger partial charge in [-0.05, 0) is 42.4 Å². The highest BCUT2D eigenvalue weighted by Gasteiger charge is 2.32. The van der Waals surface area contributed by atoms with E-state index in [1.807, 2.05) is 4.90 Å². The van der Waals surface area contributed by atoms with E-state index in [4.69, 9.17) is 0 Å². The number of likely N-dealkylation sites (tertiary alicyclic amines) is 1. The number of aromatic nitrogens is 2. The highest BCUT2D eigenvalue weighted by molar-refractivity contribution is 8.00. The molecule has 1 amide bonds. The molecule has 1 aromatic heterocycles. The highest BCUT2D eigenvalue weighted by Crippen LogP contribution is 2.38. The van der Waals surface area contributed by atoms with Crippen molar-refractivity contribution in [1.82, 2.24) is 15.1 Å². The third kappa shape index (κ3) is 5.13. The predicted octanol–water partition coefficient (Wildman–Crippen LogP) is 3.28. The van der Waals surface area contributed by atoms with E-state index in [9.17, 15) is 27.5 Å². The number of β-amino-alcohol motifs (C(OH)–C–C–N with tert-alkyl or cyclic N) is 1. The number of aromatic amines is 1. The van der Waals surface area contributed by atoms with Crippen molar-refractivity contribution >= 4 is 34.8 Å². The molecule has 1 saturated heterocycles. The number of alkyl halides is 3. The summed E-state index contributed by atoms with van der Waals surface area (Å²) >= 11 is -0.553. The van der Waals surface area contributed by atoms with Gasteiger partial charge < -0.3 is 15.3 Å². The largest absolute Gasteiger partial charge is 0.446 e. The van der Waals surface area contributed by atoms with Gasteiger partial charge in [-0.3, -0.25) is 14.9 Å². The molecule has 2 aromatic rings. The van der Waals surface area contributed by atoms with E-state index in [-0.39, 0.29) is 12.2 Å². The first-order valence-corrected chi connectivity index (χ1v) is 10.6. The zero-order valence-electron chi connectivity index (χ0n) is 16.6. The molecule has 3 heterocycles. The Morgan fingerprint density at radius 1 is 1.31 bits per heavy atom. The zero-order chi connectivity index (χ0) is 22.9. The van der Waals surface area contributed by atoms with Crippen molar-refractivity contribution in [3.63, 3.8) is 0 Å². The van der Waals surface area contributed by atoms with Crippen molar-refractivity contribution in [2.45, 2.75) is 22.9 Å². The summed E-state index contributed by atoms with van der Waals surface area (Å²) in [5, 5.41) is 19.2. The molecule has 0 bridgehead atoms. The lowest BCUT2D eigenvalue weighted by molar-refractivity contribution is -0.118. The fourth-order valence-electron chi connectivity index (χ4n) is 3.60. The maximum atomic E-state index is 14.0. The molecular formula is C20H19F4N5O2S. The van der Waals surface area contributed by atoms with E-state index in [0.29, 0.717) is 36.6 Å². The monoisotopic (exact) mass is 469 g/mol. The van der Waals surface area contributed by atoms with Gasteiger partial charge in [0.15, 0.2) is 0 Å². The highest BCUT2D eigenvalue weighted by atomic mass is 32.2. The lowest BCUT2D eigenvalue weighted by Gasteiger charge is -2.27. The first-order valence-electron chi connectivity index (χ1n) is 9.75. The number of aliphatic hydroxyl groups is 1. The number of anilines is 1. The van der Waals surface area contributed by atoms with Crippen LogP contribution in [0.1, 0.15) is 12.1 Å². The van der Waals surface area contributed by atoms with Gasteiger partial charge in [-0.15, -0.1) is 0 Å². The van der Waals surface area contributed by atoms with Crippen LogP contribution in [0.15, 0.2) is 46.4 Å². The Labute approximate surface area is 184 Å². The standard InChI is InChI=1S/C20H19F4N5O2S/c21-15-8-12(1-2-17(15)32-20(22,23)24)27-19(31)11-7-14(16-3-5-26-28-16)18(25-9-11)29-6-4-13(30)10-29/h1-3,5,7-8,11,13,30H,4,6,9-10H2,(H,26,28)(H,27,31)/t11?,13-/m1/s1. The molecule has 3 N–H and O–H groups in total. The number of carbonyl (C=O) groups is 1. The summed E-state index contributed by atoms with van der Waals surface area (Å²) in [7, 11) is 0. The number of halogens is 4. The Bertz CT molecular complexity index is 1050. The SMILES string of the molecule is O=C(Nc1ccc(SC(F)(F)F)c(F)c1)C1C=C(c2ccn[nH]2)C(N2CC[C@@H](O)C2)=NC1. The van der Waals surface area contributed by atoms with E-state index in [2.05, 4.69) is 20.5 Å². The third-order valence-corrected chi connectivity index (χ3v) is 5.84. The van der Waals surface area contributed by atoms with Gasteiger partial charge in [0.25, 0.3) is 0 Å². The first kappa shape index (κ1) is 22.3. The summed E-state index contributed by atoms with van der Waals surface area (Å²) in [5.41, 5.74) is -3.25. The number of rotatable bonds is 4. The normalized spacial score (nSPS) is 21.3. The summed E-state index contributed by atoms with van der Waals surface area (Å²) in [5.74, 6) is -1.58. The van der Waals surface area contributed by atoms with Gasteiger partial charge in [-0.1, -0.05) is 6.08 Å². The molecule has 0 aliphatic carbocycles. The van der Waals surface area contributed by atoms with Crippen LogP contribution in [-0.4, -0.2) is 63.2 Å². The molecular weight excluding hydrogens is 450 g/mol.